The number of hydrogen-bond donors (Lipinski definition) is 0. The molecule has 0 fully saturated rings. The van der Waals surface area contributed by atoms with E-state index in [0.717, 1.165) is 11.3 Å². The lowest BCUT2D eigenvalue weighted by Crippen LogP contribution is -1.88. The van der Waals surface area contributed by atoms with Crippen molar-refractivity contribution >= 4 is 11.4 Å². The standard InChI is InChI=1S/C12H14FN/c1-8(2)14-10(4)11-5-6-12(13)9(3)7-11/h5-7H,4H2,1-3H3. The number of rotatable bonds is 2. The van der Waals surface area contributed by atoms with E-state index in [1.54, 1.807) is 19.1 Å². The molecule has 0 saturated carbocycles. The molecule has 0 aliphatic rings. The minimum Gasteiger partial charge on any atom is -0.258 e. The molecule has 14 heavy (non-hydrogen) atoms. The van der Waals surface area contributed by atoms with Crippen LogP contribution in [0.2, 0.25) is 0 Å². The first-order valence-corrected chi connectivity index (χ1v) is 4.48. The Morgan fingerprint density at radius 2 is 2.00 bits per heavy atom. The minimum absolute atomic E-state index is 0.196. The van der Waals surface area contributed by atoms with E-state index in [9.17, 15) is 4.39 Å². The lowest BCUT2D eigenvalue weighted by Gasteiger charge is -2.03. The molecule has 1 aromatic carbocycles. The largest absolute Gasteiger partial charge is 0.258 e. The van der Waals surface area contributed by atoms with E-state index in [-0.39, 0.29) is 5.82 Å². The van der Waals surface area contributed by atoms with Gasteiger partial charge in [0.15, 0.2) is 0 Å². The lowest BCUT2D eigenvalue weighted by molar-refractivity contribution is 0.618. The van der Waals surface area contributed by atoms with Crippen LogP contribution in [0, 0.1) is 12.7 Å². The summed E-state index contributed by atoms with van der Waals surface area (Å²) in [5, 5.41) is 0. The van der Waals surface area contributed by atoms with Gasteiger partial charge in [-0.05, 0) is 50.1 Å². The third kappa shape index (κ3) is 2.52. The summed E-state index contributed by atoms with van der Waals surface area (Å²) in [6.45, 7) is 9.37. The molecule has 0 aliphatic carbocycles. The topological polar surface area (TPSA) is 12.4 Å². The van der Waals surface area contributed by atoms with Gasteiger partial charge in [0.25, 0.3) is 0 Å². The second-order valence-electron chi connectivity index (χ2n) is 3.47. The molecule has 0 spiro atoms. The quantitative estimate of drug-likeness (QED) is 0.633. The van der Waals surface area contributed by atoms with Gasteiger partial charge in [0.2, 0.25) is 0 Å². The molecular weight excluding hydrogens is 177 g/mol. The highest BCUT2D eigenvalue weighted by Crippen LogP contribution is 2.17. The lowest BCUT2D eigenvalue weighted by atomic mass is 10.1. The van der Waals surface area contributed by atoms with E-state index in [4.69, 9.17) is 0 Å². The van der Waals surface area contributed by atoms with Gasteiger partial charge in [0.05, 0.1) is 5.70 Å². The van der Waals surface area contributed by atoms with Crippen LogP contribution in [0.3, 0.4) is 0 Å². The van der Waals surface area contributed by atoms with E-state index < -0.39 is 0 Å². The Bertz CT molecular complexity index is 387. The zero-order valence-corrected chi connectivity index (χ0v) is 8.76. The SMILES string of the molecule is C=C(N=C(C)C)c1ccc(F)c(C)c1. The highest BCUT2D eigenvalue weighted by molar-refractivity contribution is 5.85. The first-order valence-electron chi connectivity index (χ1n) is 4.48. The number of nitrogens with zero attached hydrogens (tertiary/aromatic N) is 1. The van der Waals surface area contributed by atoms with E-state index in [1.165, 1.54) is 6.07 Å². The zero-order valence-electron chi connectivity index (χ0n) is 8.76. The monoisotopic (exact) mass is 191 g/mol. The fourth-order valence-corrected chi connectivity index (χ4v) is 1.16. The van der Waals surface area contributed by atoms with Crippen LogP contribution in [0.4, 0.5) is 4.39 Å². The molecule has 1 nitrogen and oxygen atoms in total. The Morgan fingerprint density at radius 1 is 1.36 bits per heavy atom. The molecule has 1 aromatic rings. The summed E-state index contributed by atoms with van der Waals surface area (Å²) in [5.41, 5.74) is 3.10. The van der Waals surface area contributed by atoms with E-state index in [2.05, 4.69) is 11.6 Å². The first kappa shape index (κ1) is 10.6. The first-order chi connectivity index (χ1) is 6.50. The third-order valence-electron chi connectivity index (χ3n) is 1.85. The van der Waals surface area contributed by atoms with Crippen molar-refractivity contribution in [2.75, 3.05) is 0 Å². The normalized spacial score (nSPS) is 9.71. The summed E-state index contributed by atoms with van der Waals surface area (Å²) < 4.78 is 13.0. The summed E-state index contributed by atoms with van der Waals surface area (Å²) in [6, 6.07) is 4.89. The second-order valence-corrected chi connectivity index (χ2v) is 3.47. The van der Waals surface area contributed by atoms with Crippen molar-refractivity contribution in [2.24, 2.45) is 4.99 Å². The molecule has 0 radical (unpaired) electrons. The molecule has 0 aliphatic heterocycles. The Kier molecular flexibility index (Phi) is 3.18. The molecular formula is C12H14FN. The summed E-state index contributed by atoms with van der Waals surface area (Å²) in [7, 11) is 0. The van der Waals surface area contributed by atoms with Crippen molar-refractivity contribution in [3.05, 3.63) is 41.7 Å². The average molecular weight is 191 g/mol. The highest BCUT2D eigenvalue weighted by Gasteiger charge is 2.01. The Morgan fingerprint density at radius 3 is 2.50 bits per heavy atom. The van der Waals surface area contributed by atoms with Crippen LogP contribution in [0.25, 0.3) is 5.70 Å². The van der Waals surface area contributed by atoms with Crippen molar-refractivity contribution < 1.29 is 4.39 Å². The Hall–Kier alpha value is -1.44. The molecule has 0 unspecified atom stereocenters. The van der Waals surface area contributed by atoms with E-state index >= 15 is 0 Å². The fraction of sp³-hybridized carbons (Fsp3) is 0.250. The van der Waals surface area contributed by atoms with Crippen LogP contribution in [-0.2, 0) is 0 Å². The molecule has 0 bridgehead atoms. The van der Waals surface area contributed by atoms with Crippen molar-refractivity contribution in [2.45, 2.75) is 20.8 Å². The fourth-order valence-electron chi connectivity index (χ4n) is 1.16. The maximum atomic E-state index is 13.0. The zero-order chi connectivity index (χ0) is 10.7. The third-order valence-corrected chi connectivity index (χ3v) is 1.85. The Balaban J connectivity index is 3.03. The van der Waals surface area contributed by atoms with Gasteiger partial charge in [-0.2, -0.15) is 0 Å². The van der Waals surface area contributed by atoms with Crippen LogP contribution in [0.5, 0.6) is 0 Å². The predicted octanol–water partition coefficient (Wildman–Crippen LogP) is 3.59. The summed E-state index contributed by atoms with van der Waals surface area (Å²) in [6.07, 6.45) is 0. The van der Waals surface area contributed by atoms with Crippen LogP contribution < -0.4 is 0 Å². The van der Waals surface area contributed by atoms with Crippen LogP contribution >= 0.6 is 0 Å². The molecule has 74 valence electrons. The van der Waals surface area contributed by atoms with Gasteiger partial charge in [0.1, 0.15) is 5.82 Å². The van der Waals surface area contributed by atoms with Gasteiger partial charge in [-0.1, -0.05) is 6.58 Å². The average Bonchev–Trinajstić information content (AvgIpc) is 2.08. The van der Waals surface area contributed by atoms with Crippen LogP contribution in [0.15, 0.2) is 29.8 Å². The summed E-state index contributed by atoms with van der Waals surface area (Å²) >= 11 is 0. The van der Waals surface area contributed by atoms with Crippen molar-refractivity contribution in [3.63, 3.8) is 0 Å². The molecule has 2 heteroatoms. The molecule has 0 amide bonds. The van der Waals surface area contributed by atoms with E-state index in [1.807, 2.05) is 13.8 Å². The van der Waals surface area contributed by atoms with Gasteiger partial charge in [-0.15, -0.1) is 0 Å². The van der Waals surface area contributed by atoms with Gasteiger partial charge in [-0.25, -0.2) is 4.39 Å². The molecule has 0 heterocycles. The maximum Gasteiger partial charge on any atom is 0.126 e. The highest BCUT2D eigenvalue weighted by atomic mass is 19.1. The summed E-state index contributed by atoms with van der Waals surface area (Å²) in [4.78, 5) is 4.22. The van der Waals surface area contributed by atoms with Crippen LogP contribution in [0.1, 0.15) is 25.0 Å². The summed E-state index contributed by atoms with van der Waals surface area (Å²) in [5.74, 6) is -0.196. The molecule has 0 atom stereocenters. The minimum atomic E-state index is -0.196. The number of aliphatic imine (C=N–C) groups is 1. The number of aryl methyl sites for hydroxylation is 1. The van der Waals surface area contributed by atoms with Crippen LogP contribution in [-0.4, -0.2) is 5.71 Å². The van der Waals surface area contributed by atoms with Gasteiger partial charge >= 0.3 is 0 Å². The molecule has 1 rings (SSSR count). The van der Waals surface area contributed by atoms with Crippen molar-refractivity contribution in [1.29, 1.82) is 0 Å². The predicted molar refractivity (Wildman–Crippen MR) is 59.0 cm³/mol. The van der Waals surface area contributed by atoms with Gasteiger partial charge < -0.3 is 0 Å². The number of hydrogen-bond acceptors (Lipinski definition) is 1. The van der Waals surface area contributed by atoms with Crippen molar-refractivity contribution in [1.82, 2.24) is 0 Å². The second kappa shape index (κ2) is 4.18. The van der Waals surface area contributed by atoms with Gasteiger partial charge in [0, 0.05) is 5.71 Å². The van der Waals surface area contributed by atoms with Gasteiger partial charge in [-0.3, -0.25) is 4.99 Å². The number of halogens is 1. The molecule has 0 aromatic heterocycles. The smallest absolute Gasteiger partial charge is 0.126 e. The van der Waals surface area contributed by atoms with Crippen molar-refractivity contribution in [3.8, 4) is 0 Å². The Labute approximate surface area is 84.0 Å². The van der Waals surface area contributed by atoms with E-state index in [0.29, 0.717) is 11.3 Å². The maximum absolute atomic E-state index is 13.0. The molecule has 0 N–H and O–H groups in total. The number of benzene rings is 1. The molecule has 0 saturated heterocycles.